The van der Waals surface area contributed by atoms with Crippen LogP contribution in [0.15, 0.2) is 67.0 Å². The van der Waals surface area contributed by atoms with Gasteiger partial charge in [0.1, 0.15) is 18.4 Å². The molecular formula is C25H24N2O5. The van der Waals surface area contributed by atoms with Gasteiger partial charge in [-0.1, -0.05) is 48.5 Å². The van der Waals surface area contributed by atoms with Crippen molar-refractivity contribution in [2.75, 3.05) is 20.8 Å². The van der Waals surface area contributed by atoms with E-state index in [0.717, 1.165) is 27.2 Å². The first-order valence-corrected chi connectivity index (χ1v) is 10.3. The number of likely N-dealkylation sites (N-methyl/N-ethyl adjacent to an activating group) is 1. The van der Waals surface area contributed by atoms with E-state index in [9.17, 15) is 14.7 Å². The first-order chi connectivity index (χ1) is 15.5. The monoisotopic (exact) mass is 432 g/mol. The molecule has 3 aromatic rings. The second-order valence-corrected chi connectivity index (χ2v) is 7.71. The van der Waals surface area contributed by atoms with Gasteiger partial charge >= 0.3 is 12.1 Å². The highest BCUT2D eigenvalue weighted by atomic mass is 16.6. The summed E-state index contributed by atoms with van der Waals surface area (Å²) in [6.07, 6.45) is 2.49. The first-order valence-electron chi connectivity index (χ1n) is 10.3. The van der Waals surface area contributed by atoms with Crippen LogP contribution in [0.5, 0.6) is 5.75 Å². The highest BCUT2D eigenvalue weighted by Crippen LogP contribution is 2.44. The Morgan fingerprint density at radius 1 is 1.06 bits per heavy atom. The molecule has 7 nitrogen and oxygen atoms in total. The Morgan fingerprint density at radius 2 is 1.69 bits per heavy atom. The molecule has 1 N–H and O–H groups in total. The van der Waals surface area contributed by atoms with Gasteiger partial charge in [-0.25, -0.2) is 9.59 Å². The Bertz CT molecular complexity index is 1100. The quantitative estimate of drug-likeness (QED) is 0.608. The van der Waals surface area contributed by atoms with E-state index in [4.69, 9.17) is 9.47 Å². The van der Waals surface area contributed by atoms with Gasteiger partial charge in [-0.3, -0.25) is 9.88 Å². The number of pyridine rings is 1. The third-order valence-corrected chi connectivity index (χ3v) is 5.81. The molecule has 1 aliphatic rings. The standard InChI is InChI=1S/C25H24N2O5/c1-27(23(24(28)29)12-16-11-17(31-2)14-26-13-16)25(30)32-15-22-20-9-5-3-7-18(20)19-8-4-6-10-21(19)22/h3-11,13-14,22-23H,12,15H2,1-2H3,(H,28,29). The van der Waals surface area contributed by atoms with Crippen LogP contribution in [0.25, 0.3) is 11.1 Å². The van der Waals surface area contributed by atoms with Crippen molar-refractivity contribution in [2.24, 2.45) is 0 Å². The number of methoxy groups -OCH3 is 1. The van der Waals surface area contributed by atoms with E-state index < -0.39 is 18.1 Å². The first kappa shape index (κ1) is 21.4. The van der Waals surface area contributed by atoms with Crippen molar-refractivity contribution in [1.82, 2.24) is 9.88 Å². The van der Waals surface area contributed by atoms with Gasteiger partial charge in [-0.05, 0) is 33.9 Å². The van der Waals surface area contributed by atoms with E-state index in [0.29, 0.717) is 11.3 Å². The minimum atomic E-state index is -1.12. The van der Waals surface area contributed by atoms with E-state index in [2.05, 4.69) is 17.1 Å². The van der Waals surface area contributed by atoms with Crippen LogP contribution in [0.2, 0.25) is 0 Å². The summed E-state index contributed by atoms with van der Waals surface area (Å²) in [6.45, 7) is 0.129. The number of nitrogens with zero attached hydrogens (tertiary/aromatic N) is 2. The number of rotatable bonds is 7. The predicted molar refractivity (Wildman–Crippen MR) is 119 cm³/mol. The summed E-state index contributed by atoms with van der Waals surface area (Å²) in [5, 5.41) is 9.72. The fourth-order valence-electron chi connectivity index (χ4n) is 4.12. The lowest BCUT2D eigenvalue weighted by Crippen LogP contribution is -2.44. The Labute approximate surface area is 186 Å². The third-order valence-electron chi connectivity index (χ3n) is 5.81. The molecule has 0 saturated carbocycles. The highest BCUT2D eigenvalue weighted by Gasteiger charge is 2.32. The molecule has 0 bridgehead atoms. The molecule has 1 atom stereocenters. The van der Waals surface area contributed by atoms with E-state index in [1.165, 1.54) is 20.4 Å². The number of ether oxygens (including phenoxy) is 2. The van der Waals surface area contributed by atoms with Gasteiger partial charge in [0.05, 0.1) is 13.3 Å². The molecule has 32 heavy (non-hydrogen) atoms. The Balaban J connectivity index is 1.47. The highest BCUT2D eigenvalue weighted by molar-refractivity contribution is 5.81. The fourth-order valence-corrected chi connectivity index (χ4v) is 4.12. The summed E-state index contributed by atoms with van der Waals surface area (Å²) in [7, 11) is 2.95. The molecule has 7 heteroatoms. The number of carbonyl (C=O) groups excluding carboxylic acids is 1. The maximum Gasteiger partial charge on any atom is 0.410 e. The van der Waals surface area contributed by atoms with Gasteiger partial charge in [0, 0.05) is 25.6 Å². The number of hydrogen-bond donors (Lipinski definition) is 1. The van der Waals surface area contributed by atoms with Crippen molar-refractivity contribution in [2.45, 2.75) is 18.4 Å². The van der Waals surface area contributed by atoms with Crippen LogP contribution in [0, 0.1) is 0 Å². The minimum absolute atomic E-state index is 0.0836. The molecule has 2 aromatic carbocycles. The van der Waals surface area contributed by atoms with Crippen LogP contribution in [-0.2, 0) is 16.0 Å². The molecule has 1 aromatic heterocycles. The molecule has 0 fully saturated rings. The van der Waals surface area contributed by atoms with Crippen LogP contribution in [0.1, 0.15) is 22.6 Å². The van der Waals surface area contributed by atoms with E-state index in [1.54, 1.807) is 12.3 Å². The molecule has 0 aliphatic heterocycles. The molecule has 164 valence electrons. The average molecular weight is 432 g/mol. The van der Waals surface area contributed by atoms with Gasteiger partial charge in [-0.15, -0.1) is 0 Å². The number of hydrogen-bond acceptors (Lipinski definition) is 5. The van der Waals surface area contributed by atoms with Crippen molar-refractivity contribution in [1.29, 1.82) is 0 Å². The van der Waals surface area contributed by atoms with Crippen LogP contribution in [0.4, 0.5) is 4.79 Å². The van der Waals surface area contributed by atoms with Gasteiger partial charge in [-0.2, -0.15) is 0 Å². The van der Waals surface area contributed by atoms with Crippen molar-refractivity contribution in [3.05, 3.63) is 83.7 Å². The van der Waals surface area contributed by atoms with E-state index in [-0.39, 0.29) is 18.9 Å². The van der Waals surface area contributed by atoms with Crippen LogP contribution in [-0.4, -0.2) is 53.9 Å². The summed E-state index contributed by atoms with van der Waals surface area (Å²) in [6, 6.07) is 16.7. The number of aliphatic carboxylic acids is 1. The van der Waals surface area contributed by atoms with Crippen molar-refractivity contribution in [3.63, 3.8) is 0 Å². The lowest BCUT2D eigenvalue weighted by atomic mass is 9.98. The second kappa shape index (κ2) is 9.09. The zero-order valence-electron chi connectivity index (χ0n) is 17.9. The minimum Gasteiger partial charge on any atom is -0.495 e. The fraction of sp³-hybridized carbons (Fsp3) is 0.240. The summed E-state index contributed by atoms with van der Waals surface area (Å²) in [5.74, 6) is -0.690. The maximum atomic E-state index is 12.8. The van der Waals surface area contributed by atoms with Crippen molar-refractivity contribution in [3.8, 4) is 16.9 Å². The normalized spacial score (nSPS) is 13.1. The number of carboxylic acids is 1. The van der Waals surface area contributed by atoms with Gasteiger partial charge in [0.25, 0.3) is 0 Å². The zero-order chi connectivity index (χ0) is 22.7. The summed E-state index contributed by atoms with van der Waals surface area (Å²) in [4.78, 5) is 29.8. The van der Waals surface area contributed by atoms with Crippen LogP contribution < -0.4 is 4.74 Å². The topological polar surface area (TPSA) is 89.0 Å². The molecule has 0 spiro atoms. The number of amides is 1. The Morgan fingerprint density at radius 3 is 2.28 bits per heavy atom. The SMILES string of the molecule is COc1cncc(CC(C(=O)O)N(C)C(=O)OCC2c3ccccc3-c3ccccc32)c1. The van der Waals surface area contributed by atoms with Gasteiger partial charge in [0.15, 0.2) is 0 Å². The lowest BCUT2D eigenvalue weighted by molar-refractivity contribution is -0.142. The molecule has 4 rings (SSSR count). The number of carbonyl (C=O) groups is 2. The van der Waals surface area contributed by atoms with E-state index >= 15 is 0 Å². The summed E-state index contributed by atoms with van der Waals surface area (Å²) in [5.41, 5.74) is 5.11. The number of carboxylic acid groups (broad SMARTS) is 1. The molecule has 1 unspecified atom stereocenters. The zero-order valence-corrected chi connectivity index (χ0v) is 17.9. The molecule has 0 saturated heterocycles. The number of benzene rings is 2. The van der Waals surface area contributed by atoms with Crippen molar-refractivity contribution < 1.29 is 24.2 Å². The van der Waals surface area contributed by atoms with Crippen LogP contribution in [0.3, 0.4) is 0 Å². The Hall–Kier alpha value is -3.87. The molecule has 1 heterocycles. The lowest BCUT2D eigenvalue weighted by Gasteiger charge is -2.25. The third kappa shape index (κ3) is 4.14. The smallest absolute Gasteiger partial charge is 0.410 e. The number of fused-ring (bicyclic) bond motifs is 3. The van der Waals surface area contributed by atoms with Gasteiger partial charge < -0.3 is 14.6 Å². The van der Waals surface area contributed by atoms with Crippen molar-refractivity contribution >= 4 is 12.1 Å². The summed E-state index contributed by atoms with van der Waals surface area (Å²) < 4.78 is 10.7. The second-order valence-electron chi connectivity index (χ2n) is 7.71. The Kier molecular flexibility index (Phi) is 6.07. The number of aromatic nitrogens is 1. The molecule has 1 aliphatic carbocycles. The maximum absolute atomic E-state index is 12.8. The predicted octanol–water partition coefficient (Wildman–Crippen LogP) is 3.97. The van der Waals surface area contributed by atoms with E-state index in [1.807, 2.05) is 36.4 Å². The molecular weight excluding hydrogens is 408 g/mol. The molecule has 1 amide bonds. The van der Waals surface area contributed by atoms with Gasteiger partial charge in [0.2, 0.25) is 0 Å². The average Bonchev–Trinajstić information content (AvgIpc) is 3.14. The largest absolute Gasteiger partial charge is 0.495 e. The summed E-state index contributed by atoms with van der Waals surface area (Å²) >= 11 is 0. The molecule has 0 radical (unpaired) electrons. The van der Waals surface area contributed by atoms with Crippen LogP contribution >= 0.6 is 0 Å².